The minimum atomic E-state index is -2.91. The maximum absolute atomic E-state index is 12.1. The molecule has 2 fully saturated rings. The van der Waals surface area contributed by atoms with Crippen LogP contribution < -0.4 is 0 Å². The lowest BCUT2D eigenvalue weighted by Crippen LogP contribution is -2.27. The van der Waals surface area contributed by atoms with E-state index in [2.05, 4.69) is 6.92 Å². The summed E-state index contributed by atoms with van der Waals surface area (Å²) in [6.45, 7) is 2.22. The van der Waals surface area contributed by atoms with E-state index in [1.807, 2.05) is 0 Å². The quantitative estimate of drug-likeness (QED) is 0.744. The predicted octanol–water partition coefficient (Wildman–Crippen LogP) is 1.82. The lowest BCUT2D eigenvalue weighted by Gasteiger charge is -2.26. The Morgan fingerprint density at radius 2 is 1.62 bits per heavy atom. The van der Waals surface area contributed by atoms with E-state index in [1.54, 1.807) is 0 Å². The molecule has 0 bridgehead atoms. The molecule has 0 N–H and O–H groups in total. The third-order valence-electron chi connectivity index (χ3n) is 4.05. The van der Waals surface area contributed by atoms with Crippen LogP contribution in [0, 0.1) is 17.8 Å². The zero-order chi connectivity index (χ0) is 11.8. The average molecular weight is 244 g/mol. The van der Waals surface area contributed by atoms with Crippen LogP contribution >= 0.6 is 0 Å². The lowest BCUT2D eigenvalue weighted by atomic mass is 9.78. The molecule has 1 saturated heterocycles. The third-order valence-corrected chi connectivity index (χ3v) is 5.82. The molecule has 1 aliphatic heterocycles. The van der Waals surface area contributed by atoms with E-state index in [4.69, 9.17) is 0 Å². The Kier molecular flexibility index (Phi) is 3.38. The molecule has 16 heavy (non-hydrogen) atoms. The minimum Gasteiger partial charge on any atom is -0.299 e. The molecule has 0 spiro atoms. The second-order valence-corrected chi connectivity index (χ2v) is 7.69. The van der Waals surface area contributed by atoms with Crippen LogP contribution in [0.1, 0.15) is 39.0 Å². The van der Waals surface area contributed by atoms with Gasteiger partial charge in [-0.1, -0.05) is 19.8 Å². The van der Waals surface area contributed by atoms with Crippen molar-refractivity contribution in [3.05, 3.63) is 0 Å². The van der Waals surface area contributed by atoms with E-state index in [9.17, 15) is 13.2 Å². The van der Waals surface area contributed by atoms with Crippen LogP contribution in [0.5, 0.6) is 0 Å². The second-order valence-electron chi connectivity index (χ2n) is 5.46. The van der Waals surface area contributed by atoms with Crippen molar-refractivity contribution >= 4 is 15.6 Å². The van der Waals surface area contributed by atoms with Gasteiger partial charge >= 0.3 is 0 Å². The molecule has 1 unspecified atom stereocenters. The molecule has 1 atom stereocenters. The molecule has 0 aromatic carbocycles. The van der Waals surface area contributed by atoms with Crippen molar-refractivity contribution in [3.63, 3.8) is 0 Å². The fraction of sp³-hybridized carbons (Fsp3) is 0.917. The van der Waals surface area contributed by atoms with E-state index in [-0.39, 0.29) is 29.1 Å². The Morgan fingerprint density at radius 3 is 2.12 bits per heavy atom. The fourth-order valence-corrected chi connectivity index (χ4v) is 4.65. The SMILES string of the molecule is CC1CCC(C(=O)C2CCS(=O)(=O)C2)CC1. The van der Waals surface area contributed by atoms with Gasteiger partial charge < -0.3 is 0 Å². The molecule has 3 nitrogen and oxygen atoms in total. The fourth-order valence-electron chi connectivity index (χ4n) is 2.90. The van der Waals surface area contributed by atoms with Gasteiger partial charge in [-0.25, -0.2) is 8.42 Å². The summed E-state index contributed by atoms with van der Waals surface area (Å²) in [4.78, 5) is 12.1. The van der Waals surface area contributed by atoms with Gasteiger partial charge in [-0.2, -0.15) is 0 Å². The Bertz CT molecular complexity index is 364. The molecule has 4 heteroatoms. The number of sulfone groups is 1. The minimum absolute atomic E-state index is 0.109. The van der Waals surface area contributed by atoms with Gasteiger partial charge in [0.05, 0.1) is 11.5 Å². The first-order valence-corrected chi connectivity index (χ1v) is 8.04. The van der Waals surface area contributed by atoms with Crippen LogP contribution in [0.4, 0.5) is 0 Å². The zero-order valence-corrected chi connectivity index (χ0v) is 10.6. The highest BCUT2D eigenvalue weighted by atomic mass is 32.2. The van der Waals surface area contributed by atoms with E-state index < -0.39 is 9.84 Å². The molecule has 0 aromatic heterocycles. The highest BCUT2D eigenvalue weighted by molar-refractivity contribution is 7.91. The maximum atomic E-state index is 12.1. The molecule has 2 aliphatic rings. The molecule has 0 amide bonds. The van der Waals surface area contributed by atoms with Crippen molar-refractivity contribution < 1.29 is 13.2 Å². The lowest BCUT2D eigenvalue weighted by molar-refractivity contribution is -0.127. The second kappa shape index (κ2) is 4.47. The number of rotatable bonds is 2. The number of carbonyl (C=O) groups excluding carboxylic acids is 1. The zero-order valence-electron chi connectivity index (χ0n) is 9.81. The van der Waals surface area contributed by atoms with E-state index in [1.165, 1.54) is 0 Å². The Morgan fingerprint density at radius 1 is 1.00 bits per heavy atom. The molecule has 1 saturated carbocycles. The van der Waals surface area contributed by atoms with Crippen molar-refractivity contribution in [2.45, 2.75) is 39.0 Å². The van der Waals surface area contributed by atoms with Gasteiger partial charge in [0.15, 0.2) is 9.84 Å². The van der Waals surface area contributed by atoms with Crippen LogP contribution in [-0.4, -0.2) is 25.7 Å². The topological polar surface area (TPSA) is 51.2 Å². The number of hydrogen-bond acceptors (Lipinski definition) is 3. The number of carbonyl (C=O) groups is 1. The monoisotopic (exact) mass is 244 g/mol. The van der Waals surface area contributed by atoms with Gasteiger partial charge in [0.1, 0.15) is 5.78 Å². The van der Waals surface area contributed by atoms with Crippen LogP contribution in [0.3, 0.4) is 0 Å². The Hall–Kier alpha value is -0.380. The summed E-state index contributed by atoms with van der Waals surface area (Å²) in [6.07, 6.45) is 4.74. The van der Waals surface area contributed by atoms with E-state index >= 15 is 0 Å². The third kappa shape index (κ3) is 2.65. The summed E-state index contributed by atoms with van der Waals surface area (Å²) >= 11 is 0. The highest BCUT2D eigenvalue weighted by Crippen LogP contribution is 2.33. The summed E-state index contributed by atoms with van der Waals surface area (Å²) in [5.41, 5.74) is 0. The number of hydrogen-bond donors (Lipinski definition) is 0. The van der Waals surface area contributed by atoms with E-state index in [0.717, 1.165) is 31.6 Å². The van der Waals surface area contributed by atoms with Gasteiger partial charge in [-0.05, 0) is 25.2 Å². The van der Waals surface area contributed by atoms with Crippen molar-refractivity contribution in [1.82, 2.24) is 0 Å². The Labute approximate surface area is 97.5 Å². The van der Waals surface area contributed by atoms with Crippen LogP contribution in [0.25, 0.3) is 0 Å². The molecule has 92 valence electrons. The first-order chi connectivity index (χ1) is 7.48. The summed E-state index contributed by atoms with van der Waals surface area (Å²) < 4.78 is 22.7. The molecule has 0 aromatic rings. The highest BCUT2D eigenvalue weighted by Gasteiger charge is 2.36. The standard InChI is InChI=1S/C12H20O3S/c1-9-2-4-10(5-3-9)12(13)11-6-7-16(14,15)8-11/h9-11H,2-8H2,1H3. The van der Waals surface area contributed by atoms with Crippen molar-refractivity contribution in [1.29, 1.82) is 0 Å². The van der Waals surface area contributed by atoms with Crippen LogP contribution in [0.15, 0.2) is 0 Å². The van der Waals surface area contributed by atoms with Crippen molar-refractivity contribution in [2.75, 3.05) is 11.5 Å². The van der Waals surface area contributed by atoms with Crippen LogP contribution in [-0.2, 0) is 14.6 Å². The number of ketones is 1. The first kappa shape index (κ1) is 12.1. The molecular formula is C12H20O3S. The first-order valence-electron chi connectivity index (χ1n) is 6.22. The van der Waals surface area contributed by atoms with Gasteiger partial charge in [0, 0.05) is 11.8 Å². The molecule has 1 aliphatic carbocycles. The van der Waals surface area contributed by atoms with E-state index in [0.29, 0.717) is 6.42 Å². The Balaban J connectivity index is 1.93. The summed E-state index contributed by atoms with van der Waals surface area (Å²) in [5.74, 6) is 1.24. The predicted molar refractivity (Wildman–Crippen MR) is 62.9 cm³/mol. The summed E-state index contributed by atoms with van der Waals surface area (Å²) in [5, 5.41) is 0. The molecule has 2 rings (SSSR count). The smallest absolute Gasteiger partial charge is 0.151 e. The van der Waals surface area contributed by atoms with Gasteiger partial charge in [0.2, 0.25) is 0 Å². The summed E-state index contributed by atoms with van der Waals surface area (Å²) in [6, 6.07) is 0. The van der Waals surface area contributed by atoms with Gasteiger partial charge in [-0.3, -0.25) is 4.79 Å². The average Bonchev–Trinajstić information content (AvgIpc) is 2.59. The van der Waals surface area contributed by atoms with Gasteiger partial charge in [0.25, 0.3) is 0 Å². The van der Waals surface area contributed by atoms with Crippen molar-refractivity contribution in [3.8, 4) is 0 Å². The van der Waals surface area contributed by atoms with Gasteiger partial charge in [-0.15, -0.1) is 0 Å². The summed E-state index contributed by atoms with van der Waals surface area (Å²) in [7, 11) is -2.91. The largest absolute Gasteiger partial charge is 0.299 e. The van der Waals surface area contributed by atoms with Crippen LogP contribution in [0.2, 0.25) is 0 Å². The number of Topliss-reactive ketones (excluding diaryl/α,β-unsaturated/α-hetero) is 1. The normalized spacial score (nSPS) is 38.4. The molecule has 0 radical (unpaired) electrons. The molecular weight excluding hydrogens is 224 g/mol. The molecule has 1 heterocycles. The maximum Gasteiger partial charge on any atom is 0.151 e. The van der Waals surface area contributed by atoms with Crippen molar-refractivity contribution in [2.24, 2.45) is 17.8 Å².